The summed E-state index contributed by atoms with van der Waals surface area (Å²) in [5.41, 5.74) is 0. The van der Waals surface area contributed by atoms with Crippen LogP contribution in [-0.2, 0) is 26.4 Å². The third-order valence-corrected chi connectivity index (χ3v) is 5.31. The number of carbonyl (C=O) groups excluding carboxylic acids is 2. The number of nitrogens with zero attached hydrogens (tertiary/aromatic N) is 2. The van der Waals surface area contributed by atoms with Crippen LogP contribution >= 0.6 is 11.3 Å². The van der Waals surface area contributed by atoms with Crippen LogP contribution in [0.1, 0.15) is 11.3 Å². The summed E-state index contributed by atoms with van der Waals surface area (Å²) in [6.45, 7) is 0.290. The van der Waals surface area contributed by atoms with Crippen molar-refractivity contribution in [1.82, 2.24) is 9.21 Å². The van der Waals surface area contributed by atoms with Crippen LogP contribution in [-0.4, -0.2) is 52.8 Å². The molecule has 2 atom stereocenters. The monoisotopic (exact) mass is 354 g/mol. The fourth-order valence-corrected chi connectivity index (χ4v) is 4.12. The number of carbonyl (C=O) groups is 2. The van der Waals surface area contributed by atoms with E-state index in [1.807, 2.05) is 17.5 Å². The maximum atomic E-state index is 11.9. The van der Waals surface area contributed by atoms with Crippen LogP contribution in [0.5, 0.6) is 0 Å². The van der Waals surface area contributed by atoms with Crippen LogP contribution in [0.15, 0.2) is 17.5 Å². The second-order valence-corrected chi connectivity index (χ2v) is 7.00. The SMILES string of the molecule is O=C(OCc1cccs1)N1CC[C@@H]2[C@H]1C(=O)N2S(=O)(=O)[O-].[Na+]. The molecular weight excluding hydrogens is 343 g/mol. The van der Waals surface area contributed by atoms with Crippen molar-refractivity contribution < 1.29 is 56.9 Å². The van der Waals surface area contributed by atoms with Crippen LogP contribution in [0.25, 0.3) is 0 Å². The average molecular weight is 354 g/mol. The predicted molar refractivity (Wildman–Crippen MR) is 69.9 cm³/mol. The molecule has 2 amide bonds. The molecule has 3 rings (SSSR count). The number of rotatable bonds is 3. The number of thiophene rings is 1. The Morgan fingerprint density at radius 3 is 2.82 bits per heavy atom. The molecule has 0 saturated carbocycles. The maximum absolute atomic E-state index is 11.9. The molecule has 0 aromatic carbocycles. The van der Waals surface area contributed by atoms with Crippen LogP contribution in [0.3, 0.4) is 0 Å². The van der Waals surface area contributed by atoms with Crippen molar-refractivity contribution in [2.24, 2.45) is 0 Å². The number of ether oxygens (including phenoxy) is 1. The van der Waals surface area contributed by atoms with Gasteiger partial charge in [-0.15, -0.1) is 11.3 Å². The van der Waals surface area contributed by atoms with Gasteiger partial charge in [-0.2, -0.15) is 0 Å². The Bertz CT molecular complexity index is 677. The molecule has 0 radical (unpaired) electrons. The van der Waals surface area contributed by atoms with Gasteiger partial charge in [0.2, 0.25) is 0 Å². The first-order chi connectivity index (χ1) is 9.89. The van der Waals surface area contributed by atoms with Crippen molar-refractivity contribution >= 4 is 33.6 Å². The topological polar surface area (TPSA) is 107 Å². The number of amides is 2. The molecule has 1 aromatic heterocycles. The smallest absolute Gasteiger partial charge is 0.731 e. The summed E-state index contributed by atoms with van der Waals surface area (Å²) in [5.74, 6) is -0.861. The van der Waals surface area contributed by atoms with Gasteiger partial charge in [0.1, 0.15) is 12.6 Å². The van der Waals surface area contributed by atoms with Gasteiger partial charge in [0.25, 0.3) is 5.91 Å². The first-order valence-corrected chi connectivity index (χ1v) is 8.39. The predicted octanol–water partition coefficient (Wildman–Crippen LogP) is -2.87. The Morgan fingerprint density at radius 2 is 2.23 bits per heavy atom. The average Bonchev–Trinajstić information content (AvgIpc) is 3.00. The van der Waals surface area contributed by atoms with Crippen molar-refractivity contribution in [2.45, 2.75) is 25.1 Å². The summed E-state index contributed by atoms with van der Waals surface area (Å²) in [7, 11) is -4.81. The maximum Gasteiger partial charge on any atom is 1.00 e. The normalized spacial score (nSPS) is 23.6. The zero-order valence-corrected chi connectivity index (χ0v) is 15.3. The van der Waals surface area contributed by atoms with Gasteiger partial charge in [0, 0.05) is 11.4 Å². The summed E-state index contributed by atoms with van der Waals surface area (Å²) in [5, 5.41) is 1.85. The van der Waals surface area contributed by atoms with Gasteiger partial charge in [0.15, 0.2) is 10.3 Å². The van der Waals surface area contributed by atoms with E-state index in [1.165, 1.54) is 16.2 Å². The standard InChI is InChI=1S/C11H12N2O6S2.Na/c14-10-9-8(13(10)21(16,17)18)3-4-12(9)11(15)19-6-7-2-1-5-20-7;/h1-2,5,8-9H,3-4,6H2,(H,16,17,18);/q;+1/p-1/t8-,9+;/m1./s1. The molecule has 11 heteroatoms. The summed E-state index contributed by atoms with van der Waals surface area (Å²) in [6, 6.07) is 1.98. The molecule has 0 N–H and O–H groups in total. The van der Waals surface area contributed by atoms with Crippen LogP contribution in [0, 0.1) is 0 Å². The molecule has 0 bridgehead atoms. The van der Waals surface area contributed by atoms with E-state index in [9.17, 15) is 22.6 Å². The molecule has 8 nitrogen and oxygen atoms in total. The van der Waals surface area contributed by atoms with Crippen molar-refractivity contribution in [1.29, 1.82) is 0 Å². The van der Waals surface area contributed by atoms with Gasteiger partial charge < -0.3 is 9.29 Å². The molecule has 2 aliphatic rings. The van der Waals surface area contributed by atoms with Crippen LogP contribution < -0.4 is 29.6 Å². The largest absolute Gasteiger partial charge is 1.00 e. The van der Waals surface area contributed by atoms with Gasteiger partial charge in [-0.1, -0.05) is 6.07 Å². The van der Waals surface area contributed by atoms with Crippen LogP contribution in [0.4, 0.5) is 4.79 Å². The Hall–Kier alpha value is -0.650. The van der Waals surface area contributed by atoms with E-state index in [4.69, 9.17) is 4.74 Å². The minimum Gasteiger partial charge on any atom is -0.731 e. The minimum atomic E-state index is -4.81. The molecule has 0 aliphatic carbocycles. The van der Waals surface area contributed by atoms with Crippen molar-refractivity contribution in [3.05, 3.63) is 22.4 Å². The Morgan fingerprint density at radius 1 is 1.50 bits per heavy atom. The number of β-lactam (4-membered cyclic amide) rings is 1. The third kappa shape index (κ3) is 3.03. The molecule has 0 unspecified atom stereocenters. The van der Waals surface area contributed by atoms with E-state index < -0.39 is 34.4 Å². The summed E-state index contributed by atoms with van der Waals surface area (Å²) >= 11 is 1.44. The number of fused-ring (bicyclic) bond motifs is 1. The molecule has 2 aliphatic heterocycles. The van der Waals surface area contributed by atoms with Crippen molar-refractivity contribution in [3.63, 3.8) is 0 Å². The van der Waals surface area contributed by atoms with Gasteiger partial charge in [-0.25, -0.2) is 17.5 Å². The Kier molecular flexibility index (Phi) is 5.20. The molecule has 3 heterocycles. The van der Waals surface area contributed by atoms with E-state index in [0.717, 1.165) is 4.88 Å². The molecular formula is C11H11N2NaO6S2. The molecule has 1 aromatic rings. The van der Waals surface area contributed by atoms with Crippen molar-refractivity contribution in [2.75, 3.05) is 6.54 Å². The van der Waals surface area contributed by atoms with Gasteiger partial charge in [0.05, 0.1) is 6.04 Å². The first kappa shape index (κ1) is 17.7. The van der Waals surface area contributed by atoms with Crippen LogP contribution in [0.2, 0.25) is 0 Å². The first-order valence-electron chi connectivity index (χ1n) is 6.14. The zero-order chi connectivity index (χ0) is 15.2. The Labute approximate surface area is 153 Å². The second kappa shape index (κ2) is 6.46. The summed E-state index contributed by atoms with van der Waals surface area (Å²) < 4.78 is 38.2. The van der Waals surface area contributed by atoms with Gasteiger partial charge in [-0.3, -0.25) is 9.69 Å². The molecule has 0 spiro atoms. The summed E-state index contributed by atoms with van der Waals surface area (Å²) in [6.07, 6.45) is -0.418. The van der Waals surface area contributed by atoms with Gasteiger partial charge >= 0.3 is 35.7 Å². The quantitative estimate of drug-likeness (QED) is 0.328. The number of likely N-dealkylation sites (tertiary alicyclic amines) is 1. The zero-order valence-electron chi connectivity index (χ0n) is 11.7. The fourth-order valence-electron chi connectivity index (χ4n) is 2.62. The molecule has 2 fully saturated rings. The van der Waals surface area contributed by atoms with E-state index >= 15 is 0 Å². The van der Waals surface area contributed by atoms with E-state index in [2.05, 4.69) is 0 Å². The third-order valence-electron chi connectivity index (χ3n) is 3.53. The van der Waals surface area contributed by atoms with E-state index in [0.29, 0.717) is 4.31 Å². The second-order valence-electron chi connectivity index (χ2n) is 4.72. The molecule has 22 heavy (non-hydrogen) atoms. The summed E-state index contributed by atoms with van der Waals surface area (Å²) in [4.78, 5) is 25.7. The molecule has 114 valence electrons. The Balaban J connectivity index is 0.00000176. The molecule has 2 saturated heterocycles. The number of hydrogen-bond acceptors (Lipinski definition) is 7. The fraction of sp³-hybridized carbons (Fsp3) is 0.455. The minimum absolute atomic E-state index is 0. The van der Waals surface area contributed by atoms with E-state index in [-0.39, 0.29) is 49.1 Å². The van der Waals surface area contributed by atoms with Crippen molar-refractivity contribution in [3.8, 4) is 0 Å². The number of hydrogen-bond donors (Lipinski definition) is 0. The van der Waals surface area contributed by atoms with Gasteiger partial charge in [-0.05, 0) is 17.9 Å². The van der Waals surface area contributed by atoms with E-state index in [1.54, 1.807) is 0 Å².